The van der Waals surface area contributed by atoms with Crippen LogP contribution in [0.15, 0.2) is 36.7 Å². The molecule has 1 aromatic carbocycles. The maximum Gasteiger partial charge on any atom is 0.0346 e. The average molecular weight is 260 g/mol. The molecular formula is C15H20N2S. The molecule has 0 aliphatic rings. The van der Waals surface area contributed by atoms with Gasteiger partial charge in [-0.1, -0.05) is 12.1 Å². The lowest BCUT2D eigenvalue weighted by molar-refractivity contribution is 0.644. The number of aromatic nitrogens is 1. The molecule has 18 heavy (non-hydrogen) atoms. The molecule has 2 nitrogen and oxygen atoms in total. The summed E-state index contributed by atoms with van der Waals surface area (Å²) in [5.41, 5.74) is 1.35. The number of hydrogen-bond donors (Lipinski definition) is 1. The van der Waals surface area contributed by atoms with Gasteiger partial charge in [0, 0.05) is 24.3 Å². The Hall–Kier alpha value is -1.06. The summed E-state index contributed by atoms with van der Waals surface area (Å²) in [5.74, 6) is 1.27. The number of nitrogens with one attached hydrogen (secondary N) is 1. The third kappa shape index (κ3) is 4.00. The van der Waals surface area contributed by atoms with E-state index in [1.165, 1.54) is 34.9 Å². The maximum absolute atomic E-state index is 4.13. The molecule has 0 amide bonds. The van der Waals surface area contributed by atoms with Crippen LogP contribution in [-0.4, -0.2) is 23.5 Å². The number of rotatable bonds is 7. The Bertz CT molecular complexity index is 485. The minimum absolute atomic E-state index is 0.956. The molecule has 2 aromatic rings. The zero-order chi connectivity index (χ0) is 12.6. The SMILES string of the molecule is CSCCCCNCc1ccc2cnccc2c1. The largest absolute Gasteiger partial charge is 0.313 e. The molecule has 1 heterocycles. The smallest absolute Gasteiger partial charge is 0.0346 e. The normalized spacial score (nSPS) is 10.9. The fraction of sp³-hybridized carbons (Fsp3) is 0.400. The van der Waals surface area contributed by atoms with Crippen molar-refractivity contribution >= 4 is 22.5 Å². The minimum Gasteiger partial charge on any atom is -0.313 e. The van der Waals surface area contributed by atoms with Crippen molar-refractivity contribution in [2.45, 2.75) is 19.4 Å². The van der Waals surface area contributed by atoms with Gasteiger partial charge in [-0.15, -0.1) is 0 Å². The number of fused-ring (bicyclic) bond motifs is 1. The molecule has 0 atom stereocenters. The number of pyridine rings is 1. The van der Waals surface area contributed by atoms with Gasteiger partial charge in [0.1, 0.15) is 0 Å². The summed E-state index contributed by atoms with van der Waals surface area (Å²) >= 11 is 1.92. The van der Waals surface area contributed by atoms with Crippen molar-refractivity contribution in [1.29, 1.82) is 0 Å². The first-order valence-electron chi connectivity index (χ1n) is 6.42. The second-order valence-electron chi connectivity index (χ2n) is 4.43. The third-order valence-corrected chi connectivity index (χ3v) is 3.68. The monoisotopic (exact) mass is 260 g/mol. The molecule has 0 saturated heterocycles. The summed E-state index contributed by atoms with van der Waals surface area (Å²) in [5, 5.41) is 5.98. The predicted octanol–water partition coefficient (Wildman–Crippen LogP) is 3.47. The van der Waals surface area contributed by atoms with Crippen LogP contribution in [0.2, 0.25) is 0 Å². The average Bonchev–Trinajstić information content (AvgIpc) is 2.42. The Kier molecular flexibility index (Phi) is 5.49. The molecule has 96 valence electrons. The molecule has 0 aliphatic carbocycles. The lowest BCUT2D eigenvalue weighted by atomic mass is 10.1. The molecule has 0 unspecified atom stereocenters. The Morgan fingerprint density at radius 3 is 3.00 bits per heavy atom. The first kappa shape index (κ1) is 13.4. The van der Waals surface area contributed by atoms with Gasteiger partial charge < -0.3 is 5.32 Å². The molecule has 0 radical (unpaired) electrons. The summed E-state index contributed by atoms with van der Waals surface area (Å²) < 4.78 is 0. The van der Waals surface area contributed by atoms with Gasteiger partial charge in [-0.3, -0.25) is 4.98 Å². The summed E-state index contributed by atoms with van der Waals surface area (Å²) in [6.45, 7) is 2.06. The van der Waals surface area contributed by atoms with Gasteiger partial charge in [0.2, 0.25) is 0 Å². The van der Waals surface area contributed by atoms with Gasteiger partial charge in [0.15, 0.2) is 0 Å². The van der Waals surface area contributed by atoms with Crippen LogP contribution in [-0.2, 0) is 6.54 Å². The Morgan fingerprint density at radius 1 is 1.17 bits per heavy atom. The van der Waals surface area contributed by atoms with Crippen molar-refractivity contribution in [3.05, 3.63) is 42.2 Å². The van der Waals surface area contributed by atoms with E-state index in [1.54, 1.807) is 0 Å². The summed E-state index contributed by atoms with van der Waals surface area (Å²) in [6.07, 6.45) is 8.49. The Morgan fingerprint density at radius 2 is 2.11 bits per heavy atom. The number of benzene rings is 1. The Balaban J connectivity index is 1.81. The highest BCUT2D eigenvalue weighted by Crippen LogP contribution is 2.14. The van der Waals surface area contributed by atoms with Gasteiger partial charge in [0.25, 0.3) is 0 Å². The van der Waals surface area contributed by atoms with Crippen LogP contribution in [0, 0.1) is 0 Å². The van der Waals surface area contributed by atoms with Crippen molar-refractivity contribution in [2.24, 2.45) is 0 Å². The quantitative estimate of drug-likeness (QED) is 0.772. The first-order chi connectivity index (χ1) is 8.90. The number of nitrogens with zero attached hydrogens (tertiary/aromatic N) is 1. The number of unbranched alkanes of at least 4 members (excludes halogenated alkanes) is 1. The van der Waals surface area contributed by atoms with E-state index < -0.39 is 0 Å². The standard InChI is InChI=1S/C15H20N2S/c1-18-9-3-2-7-16-11-13-4-5-15-12-17-8-6-14(15)10-13/h4-6,8,10,12,16H,2-3,7,9,11H2,1H3. The van der Waals surface area contributed by atoms with Gasteiger partial charge in [-0.2, -0.15) is 11.8 Å². The van der Waals surface area contributed by atoms with Crippen LogP contribution in [0.4, 0.5) is 0 Å². The molecule has 0 spiro atoms. The van der Waals surface area contributed by atoms with Gasteiger partial charge >= 0.3 is 0 Å². The molecule has 0 saturated carbocycles. The number of hydrogen-bond acceptors (Lipinski definition) is 3. The van der Waals surface area contributed by atoms with E-state index in [0.29, 0.717) is 0 Å². The zero-order valence-corrected chi connectivity index (χ0v) is 11.7. The van der Waals surface area contributed by atoms with Crippen molar-refractivity contribution in [3.8, 4) is 0 Å². The van der Waals surface area contributed by atoms with Gasteiger partial charge in [-0.25, -0.2) is 0 Å². The zero-order valence-electron chi connectivity index (χ0n) is 10.9. The highest BCUT2D eigenvalue weighted by molar-refractivity contribution is 7.98. The van der Waals surface area contributed by atoms with Gasteiger partial charge in [-0.05, 0) is 54.5 Å². The molecule has 1 aromatic heterocycles. The van der Waals surface area contributed by atoms with Crippen LogP contribution in [0.25, 0.3) is 10.8 Å². The lowest BCUT2D eigenvalue weighted by Gasteiger charge is -2.06. The van der Waals surface area contributed by atoms with Crippen molar-refractivity contribution in [2.75, 3.05) is 18.6 Å². The van der Waals surface area contributed by atoms with Crippen LogP contribution >= 0.6 is 11.8 Å². The van der Waals surface area contributed by atoms with Crippen LogP contribution in [0.1, 0.15) is 18.4 Å². The van der Waals surface area contributed by atoms with E-state index in [2.05, 4.69) is 40.8 Å². The van der Waals surface area contributed by atoms with Crippen LogP contribution in [0.3, 0.4) is 0 Å². The second kappa shape index (κ2) is 7.39. The molecular weight excluding hydrogens is 240 g/mol. The van der Waals surface area contributed by atoms with Crippen LogP contribution < -0.4 is 5.32 Å². The van der Waals surface area contributed by atoms with E-state index in [9.17, 15) is 0 Å². The van der Waals surface area contributed by atoms with Gasteiger partial charge in [0.05, 0.1) is 0 Å². The fourth-order valence-electron chi connectivity index (χ4n) is 1.97. The first-order valence-corrected chi connectivity index (χ1v) is 7.82. The lowest BCUT2D eigenvalue weighted by Crippen LogP contribution is -2.14. The molecule has 2 rings (SSSR count). The van der Waals surface area contributed by atoms with Crippen molar-refractivity contribution < 1.29 is 0 Å². The molecule has 0 fully saturated rings. The van der Waals surface area contributed by atoms with Crippen molar-refractivity contribution in [1.82, 2.24) is 10.3 Å². The van der Waals surface area contributed by atoms with E-state index in [4.69, 9.17) is 0 Å². The predicted molar refractivity (Wildman–Crippen MR) is 81.1 cm³/mol. The topological polar surface area (TPSA) is 24.9 Å². The third-order valence-electron chi connectivity index (χ3n) is 2.99. The number of thioether (sulfide) groups is 1. The summed E-state index contributed by atoms with van der Waals surface area (Å²) in [7, 11) is 0. The molecule has 1 N–H and O–H groups in total. The molecule has 0 aliphatic heterocycles. The maximum atomic E-state index is 4.13. The molecule has 0 bridgehead atoms. The minimum atomic E-state index is 0.956. The highest BCUT2D eigenvalue weighted by atomic mass is 32.2. The highest BCUT2D eigenvalue weighted by Gasteiger charge is 1.96. The molecule has 3 heteroatoms. The van der Waals surface area contributed by atoms with E-state index >= 15 is 0 Å². The second-order valence-corrected chi connectivity index (χ2v) is 5.42. The summed E-state index contributed by atoms with van der Waals surface area (Å²) in [6, 6.07) is 8.63. The van der Waals surface area contributed by atoms with Crippen LogP contribution in [0.5, 0.6) is 0 Å². The van der Waals surface area contributed by atoms with Crippen molar-refractivity contribution in [3.63, 3.8) is 0 Å². The van der Waals surface area contributed by atoms with E-state index in [0.717, 1.165) is 13.1 Å². The fourth-order valence-corrected chi connectivity index (χ4v) is 2.46. The summed E-state index contributed by atoms with van der Waals surface area (Å²) in [4.78, 5) is 4.13. The Labute approximate surface area is 113 Å². The van der Waals surface area contributed by atoms with E-state index in [1.807, 2.05) is 24.2 Å². The van der Waals surface area contributed by atoms with E-state index in [-0.39, 0.29) is 0 Å².